The minimum atomic E-state index is -0.0717. The van der Waals surface area contributed by atoms with Crippen molar-refractivity contribution in [1.82, 2.24) is 20.4 Å². The number of nitrogens with zero attached hydrogens (tertiary/aromatic N) is 2. The molecule has 0 aliphatic carbocycles. The molecule has 0 fully saturated rings. The van der Waals surface area contributed by atoms with Gasteiger partial charge in [-0.05, 0) is 24.4 Å². The third-order valence-electron chi connectivity index (χ3n) is 4.45. The van der Waals surface area contributed by atoms with Crippen LogP contribution < -0.4 is 10.9 Å². The molecule has 1 unspecified atom stereocenters. The molecule has 136 valence electrons. The number of hydrogen-bond donors (Lipinski definition) is 2. The van der Waals surface area contributed by atoms with Crippen molar-refractivity contribution in [3.8, 4) is 11.4 Å². The Bertz CT molecular complexity index is 1100. The second kappa shape index (κ2) is 7.55. The van der Waals surface area contributed by atoms with Crippen molar-refractivity contribution in [1.29, 1.82) is 0 Å². The normalized spacial score (nSPS) is 12.3. The van der Waals surface area contributed by atoms with Crippen LogP contribution in [-0.4, -0.2) is 21.2 Å². The van der Waals surface area contributed by atoms with Gasteiger partial charge in [0.05, 0.1) is 0 Å². The first kappa shape index (κ1) is 17.2. The lowest BCUT2D eigenvalue weighted by atomic mass is 10.1. The molecule has 0 spiro atoms. The van der Waals surface area contributed by atoms with E-state index < -0.39 is 0 Å². The van der Waals surface area contributed by atoms with Crippen LogP contribution in [0.4, 0.5) is 0 Å². The molecule has 0 saturated carbocycles. The zero-order valence-corrected chi connectivity index (χ0v) is 15.0. The first-order valence-corrected chi connectivity index (χ1v) is 8.91. The number of nitrogens with one attached hydrogen (secondary N) is 2. The van der Waals surface area contributed by atoms with Crippen LogP contribution in [0.1, 0.15) is 18.4 Å². The smallest absolute Gasteiger partial charge is 0.252 e. The highest BCUT2D eigenvalue weighted by molar-refractivity contribution is 5.78. The summed E-state index contributed by atoms with van der Waals surface area (Å²) in [6.07, 6.45) is 0.589. The van der Waals surface area contributed by atoms with Crippen molar-refractivity contribution in [2.24, 2.45) is 0 Å². The van der Waals surface area contributed by atoms with Gasteiger partial charge in [-0.1, -0.05) is 53.7 Å². The highest BCUT2D eigenvalue weighted by atomic mass is 16.5. The maximum atomic E-state index is 12.2. The van der Waals surface area contributed by atoms with Crippen molar-refractivity contribution in [2.45, 2.75) is 25.9 Å². The van der Waals surface area contributed by atoms with Gasteiger partial charge < -0.3 is 14.8 Å². The number of benzene rings is 2. The first-order chi connectivity index (χ1) is 13.2. The quantitative estimate of drug-likeness (QED) is 0.551. The van der Waals surface area contributed by atoms with E-state index in [4.69, 9.17) is 4.52 Å². The fraction of sp³-hybridized carbons (Fsp3) is 0.190. The van der Waals surface area contributed by atoms with Crippen LogP contribution in [-0.2, 0) is 13.0 Å². The van der Waals surface area contributed by atoms with Gasteiger partial charge >= 0.3 is 0 Å². The lowest BCUT2D eigenvalue weighted by molar-refractivity contribution is 0.361. The molecule has 0 radical (unpaired) electrons. The molecule has 2 heterocycles. The van der Waals surface area contributed by atoms with Crippen molar-refractivity contribution in [3.05, 3.63) is 82.5 Å². The van der Waals surface area contributed by atoms with Crippen LogP contribution in [0.5, 0.6) is 0 Å². The number of para-hydroxylation sites is 1. The molecule has 0 bridgehead atoms. The molecule has 0 aliphatic rings. The molecule has 0 saturated heterocycles. The van der Waals surface area contributed by atoms with E-state index in [1.54, 1.807) is 0 Å². The topological polar surface area (TPSA) is 83.8 Å². The molecular weight excluding hydrogens is 340 g/mol. The molecule has 6 heteroatoms. The van der Waals surface area contributed by atoms with Crippen LogP contribution in [0.15, 0.2) is 70.0 Å². The molecule has 2 N–H and O–H groups in total. The van der Waals surface area contributed by atoms with Crippen LogP contribution in [0.2, 0.25) is 0 Å². The molecule has 6 nitrogen and oxygen atoms in total. The highest BCUT2D eigenvalue weighted by Gasteiger charge is 2.12. The van der Waals surface area contributed by atoms with Crippen LogP contribution in [0.25, 0.3) is 22.3 Å². The fourth-order valence-corrected chi connectivity index (χ4v) is 2.98. The number of aromatic nitrogens is 3. The largest absolute Gasteiger partial charge is 0.339 e. The van der Waals surface area contributed by atoms with E-state index in [2.05, 4.69) is 20.4 Å². The molecular formula is C21H20N4O2. The number of H-pyrrole nitrogens is 1. The highest BCUT2D eigenvalue weighted by Crippen LogP contribution is 2.15. The summed E-state index contributed by atoms with van der Waals surface area (Å²) in [5.41, 5.74) is 2.41. The first-order valence-electron chi connectivity index (χ1n) is 8.91. The molecule has 0 aliphatic heterocycles. The van der Waals surface area contributed by atoms with Crippen molar-refractivity contribution in [3.63, 3.8) is 0 Å². The Balaban J connectivity index is 1.40. The predicted molar refractivity (Wildman–Crippen MR) is 104 cm³/mol. The number of fused-ring (bicyclic) bond motifs is 1. The number of aromatic amines is 1. The van der Waals surface area contributed by atoms with Gasteiger partial charge in [0.2, 0.25) is 11.7 Å². The lowest BCUT2D eigenvalue weighted by Crippen LogP contribution is -2.30. The average molecular weight is 360 g/mol. The minimum Gasteiger partial charge on any atom is -0.339 e. The van der Waals surface area contributed by atoms with Crippen LogP contribution in [0.3, 0.4) is 0 Å². The molecule has 27 heavy (non-hydrogen) atoms. The van der Waals surface area contributed by atoms with Crippen LogP contribution in [0, 0.1) is 0 Å². The van der Waals surface area contributed by atoms with E-state index in [9.17, 15) is 4.79 Å². The van der Waals surface area contributed by atoms with E-state index >= 15 is 0 Å². The van der Waals surface area contributed by atoms with Crippen molar-refractivity contribution < 1.29 is 4.52 Å². The van der Waals surface area contributed by atoms with E-state index in [1.165, 1.54) is 0 Å². The zero-order chi connectivity index (χ0) is 18.6. The Morgan fingerprint density at radius 2 is 1.89 bits per heavy atom. The minimum absolute atomic E-state index is 0.0717. The molecule has 4 aromatic rings. The van der Waals surface area contributed by atoms with Gasteiger partial charge in [0.15, 0.2) is 0 Å². The summed E-state index contributed by atoms with van der Waals surface area (Å²) in [5, 5.41) is 8.41. The van der Waals surface area contributed by atoms with Crippen molar-refractivity contribution >= 4 is 10.9 Å². The zero-order valence-electron chi connectivity index (χ0n) is 15.0. The Hall–Kier alpha value is -3.25. The number of pyridine rings is 1. The van der Waals surface area contributed by atoms with Gasteiger partial charge in [0.1, 0.15) is 0 Å². The van der Waals surface area contributed by atoms with Gasteiger partial charge in [-0.2, -0.15) is 4.98 Å². The Morgan fingerprint density at radius 3 is 2.74 bits per heavy atom. The molecule has 4 rings (SSSR count). The van der Waals surface area contributed by atoms with E-state index in [0.717, 1.165) is 16.5 Å². The van der Waals surface area contributed by atoms with Gasteiger partial charge in [-0.3, -0.25) is 4.79 Å². The predicted octanol–water partition coefficient (Wildman–Crippen LogP) is 3.30. The van der Waals surface area contributed by atoms with Gasteiger partial charge in [-0.25, -0.2) is 0 Å². The molecule has 1 atom stereocenters. The maximum absolute atomic E-state index is 12.2. The third kappa shape index (κ3) is 3.96. The second-order valence-corrected chi connectivity index (χ2v) is 6.57. The summed E-state index contributed by atoms with van der Waals surface area (Å²) in [6, 6.07) is 19.5. The van der Waals surface area contributed by atoms with Gasteiger partial charge in [0, 0.05) is 35.7 Å². The van der Waals surface area contributed by atoms with Crippen molar-refractivity contribution in [2.75, 3.05) is 0 Å². The maximum Gasteiger partial charge on any atom is 0.252 e. The van der Waals surface area contributed by atoms with Gasteiger partial charge in [-0.15, -0.1) is 0 Å². The fourth-order valence-electron chi connectivity index (χ4n) is 2.98. The van der Waals surface area contributed by atoms with E-state index in [-0.39, 0.29) is 11.6 Å². The molecule has 2 aromatic heterocycles. The summed E-state index contributed by atoms with van der Waals surface area (Å²) in [6.45, 7) is 2.50. The molecule has 0 amide bonds. The van der Waals surface area contributed by atoms with E-state index in [0.29, 0.717) is 30.2 Å². The van der Waals surface area contributed by atoms with Crippen LogP contribution >= 0.6 is 0 Å². The van der Waals surface area contributed by atoms with E-state index in [1.807, 2.05) is 67.6 Å². The lowest BCUT2D eigenvalue weighted by Gasteiger charge is -2.11. The Kier molecular flexibility index (Phi) is 4.80. The Morgan fingerprint density at radius 1 is 1.11 bits per heavy atom. The monoisotopic (exact) mass is 360 g/mol. The average Bonchev–Trinajstić information content (AvgIpc) is 3.15. The number of hydrogen-bond acceptors (Lipinski definition) is 5. The summed E-state index contributed by atoms with van der Waals surface area (Å²) in [7, 11) is 0. The third-order valence-corrected chi connectivity index (χ3v) is 4.45. The number of rotatable bonds is 6. The SMILES string of the molecule is CC(Cc1nc(-c2ccccc2)no1)NCc1cc2ccccc2[nH]c1=O. The second-order valence-electron chi connectivity index (χ2n) is 6.57. The summed E-state index contributed by atoms with van der Waals surface area (Å²) < 4.78 is 5.35. The van der Waals surface area contributed by atoms with Gasteiger partial charge in [0.25, 0.3) is 5.56 Å². The summed E-state index contributed by atoms with van der Waals surface area (Å²) in [5.74, 6) is 1.16. The Labute approximate surface area is 156 Å². The summed E-state index contributed by atoms with van der Waals surface area (Å²) >= 11 is 0. The standard InChI is InChI=1S/C21H20N4O2/c1-14(11-19-24-20(25-27-19)15-7-3-2-4-8-15)22-13-17-12-16-9-5-6-10-18(16)23-21(17)26/h2-10,12,14,22H,11,13H2,1H3,(H,23,26). The summed E-state index contributed by atoms with van der Waals surface area (Å²) in [4.78, 5) is 19.6. The molecule has 2 aromatic carbocycles.